The van der Waals surface area contributed by atoms with Crippen molar-refractivity contribution in [3.8, 4) is 11.8 Å². The lowest BCUT2D eigenvalue weighted by atomic mass is 10.2. The predicted octanol–water partition coefficient (Wildman–Crippen LogP) is 2.80. The molecule has 0 atom stereocenters. The highest BCUT2D eigenvalue weighted by Gasteiger charge is 1.97. The van der Waals surface area contributed by atoms with Crippen molar-refractivity contribution in [2.75, 3.05) is 18.5 Å². The highest BCUT2D eigenvalue weighted by molar-refractivity contribution is 9.10. The fraction of sp³-hybridized carbons (Fsp3) is 0.214. The standard InChI is InChI=1S/C14H13BrN4O/c15-12-9-18-14(19-10-12)17-7-8-20-13-3-1-11(2-4-13)5-6-16/h1-4,9-10H,5,7-8H2,(H,17,18,19). The third-order valence-electron chi connectivity index (χ3n) is 2.48. The van der Waals surface area contributed by atoms with E-state index >= 15 is 0 Å². The van der Waals surface area contributed by atoms with Gasteiger partial charge in [-0.1, -0.05) is 12.1 Å². The van der Waals surface area contributed by atoms with Gasteiger partial charge in [-0.2, -0.15) is 5.26 Å². The molecule has 0 radical (unpaired) electrons. The number of hydrogen-bond donors (Lipinski definition) is 1. The van der Waals surface area contributed by atoms with Crippen LogP contribution in [0.3, 0.4) is 0 Å². The second-order valence-electron chi connectivity index (χ2n) is 3.98. The maximum absolute atomic E-state index is 8.58. The van der Waals surface area contributed by atoms with Crippen LogP contribution in [0.1, 0.15) is 5.56 Å². The number of aromatic nitrogens is 2. The molecule has 0 saturated heterocycles. The number of halogens is 1. The number of nitrogens with one attached hydrogen (secondary N) is 1. The molecular weight excluding hydrogens is 320 g/mol. The normalized spacial score (nSPS) is 9.80. The first-order chi connectivity index (χ1) is 9.78. The fourth-order valence-corrected chi connectivity index (χ4v) is 1.73. The quantitative estimate of drug-likeness (QED) is 0.823. The van der Waals surface area contributed by atoms with Crippen LogP contribution in [0.25, 0.3) is 0 Å². The smallest absolute Gasteiger partial charge is 0.222 e. The van der Waals surface area contributed by atoms with E-state index in [9.17, 15) is 0 Å². The summed E-state index contributed by atoms with van der Waals surface area (Å²) >= 11 is 3.28. The van der Waals surface area contributed by atoms with Crippen molar-refractivity contribution in [3.05, 3.63) is 46.7 Å². The number of hydrogen-bond acceptors (Lipinski definition) is 5. The summed E-state index contributed by atoms with van der Waals surface area (Å²) in [7, 11) is 0. The average molecular weight is 333 g/mol. The third kappa shape index (κ3) is 4.52. The first-order valence-electron chi connectivity index (χ1n) is 6.08. The molecule has 0 fully saturated rings. The van der Waals surface area contributed by atoms with Crippen LogP contribution < -0.4 is 10.1 Å². The summed E-state index contributed by atoms with van der Waals surface area (Å²) in [4.78, 5) is 8.20. The molecule has 1 aromatic heterocycles. The SMILES string of the molecule is N#CCc1ccc(OCCNc2ncc(Br)cn2)cc1. The Hall–Kier alpha value is -2.13. The van der Waals surface area contributed by atoms with Gasteiger partial charge in [0.25, 0.3) is 0 Å². The molecule has 0 aliphatic rings. The summed E-state index contributed by atoms with van der Waals surface area (Å²) in [5, 5.41) is 11.6. The van der Waals surface area contributed by atoms with E-state index in [0.29, 0.717) is 25.5 Å². The lowest BCUT2D eigenvalue weighted by Crippen LogP contribution is -2.13. The Labute approximate surface area is 125 Å². The maximum atomic E-state index is 8.58. The largest absolute Gasteiger partial charge is 0.492 e. The minimum atomic E-state index is 0.419. The molecule has 0 unspecified atom stereocenters. The molecular formula is C14H13BrN4O. The molecule has 0 aliphatic carbocycles. The summed E-state index contributed by atoms with van der Waals surface area (Å²) in [5.41, 5.74) is 0.987. The zero-order valence-electron chi connectivity index (χ0n) is 10.7. The lowest BCUT2D eigenvalue weighted by molar-refractivity contribution is 0.332. The molecule has 1 N–H and O–H groups in total. The summed E-state index contributed by atoms with van der Waals surface area (Å²) in [6, 6.07) is 9.62. The Balaban J connectivity index is 1.73. The van der Waals surface area contributed by atoms with Gasteiger partial charge in [0.1, 0.15) is 12.4 Å². The van der Waals surface area contributed by atoms with Crippen molar-refractivity contribution in [1.29, 1.82) is 5.26 Å². The van der Waals surface area contributed by atoms with Crippen molar-refractivity contribution in [3.63, 3.8) is 0 Å². The second-order valence-corrected chi connectivity index (χ2v) is 4.89. The molecule has 5 nitrogen and oxygen atoms in total. The number of ether oxygens (including phenoxy) is 1. The van der Waals surface area contributed by atoms with Crippen LogP contribution in [0.2, 0.25) is 0 Å². The number of anilines is 1. The van der Waals surface area contributed by atoms with Gasteiger partial charge in [-0.3, -0.25) is 0 Å². The van der Waals surface area contributed by atoms with Gasteiger partial charge < -0.3 is 10.1 Å². The fourth-order valence-electron chi connectivity index (χ4n) is 1.53. The molecule has 0 aliphatic heterocycles. The Morgan fingerprint density at radius 3 is 2.55 bits per heavy atom. The summed E-state index contributed by atoms with van der Waals surface area (Å²) < 4.78 is 6.42. The van der Waals surface area contributed by atoms with Gasteiger partial charge in [0, 0.05) is 12.4 Å². The van der Waals surface area contributed by atoms with Crippen LogP contribution in [0, 0.1) is 11.3 Å². The molecule has 20 heavy (non-hydrogen) atoms. The van der Waals surface area contributed by atoms with Gasteiger partial charge in [-0.25, -0.2) is 9.97 Å². The van der Waals surface area contributed by atoms with Gasteiger partial charge in [0.2, 0.25) is 5.95 Å². The maximum Gasteiger partial charge on any atom is 0.222 e. The molecule has 0 saturated carbocycles. The lowest BCUT2D eigenvalue weighted by Gasteiger charge is -2.07. The van der Waals surface area contributed by atoms with Crippen molar-refractivity contribution in [2.45, 2.75) is 6.42 Å². The summed E-state index contributed by atoms with van der Waals surface area (Å²) in [5.74, 6) is 1.35. The predicted molar refractivity (Wildman–Crippen MR) is 79.5 cm³/mol. The number of rotatable bonds is 6. The van der Waals surface area contributed by atoms with Crippen LogP contribution >= 0.6 is 15.9 Å². The molecule has 102 valence electrons. The molecule has 1 aromatic carbocycles. The average Bonchev–Trinajstić information content (AvgIpc) is 2.47. The molecule has 1 heterocycles. The van der Waals surface area contributed by atoms with Crippen molar-refractivity contribution in [2.24, 2.45) is 0 Å². The Kier molecular flexibility index (Phi) is 5.33. The van der Waals surface area contributed by atoms with Gasteiger partial charge in [-0.05, 0) is 33.6 Å². The Bertz CT molecular complexity index is 578. The van der Waals surface area contributed by atoms with Crippen LogP contribution in [-0.2, 0) is 6.42 Å². The first-order valence-corrected chi connectivity index (χ1v) is 6.87. The van der Waals surface area contributed by atoms with Gasteiger partial charge in [0.05, 0.1) is 23.5 Å². The third-order valence-corrected chi connectivity index (χ3v) is 2.89. The van der Waals surface area contributed by atoms with Crippen LogP contribution in [0.4, 0.5) is 5.95 Å². The van der Waals surface area contributed by atoms with E-state index in [4.69, 9.17) is 10.00 Å². The first kappa shape index (κ1) is 14.3. The van der Waals surface area contributed by atoms with E-state index in [2.05, 4.69) is 37.3 Å². The van der Waals surface area contributed by atoms with Crippen molar-refractivity contribution in [1.82, 2.24) is 9.97 Å². The minimum Gasteiger partial charge on any atom is -0.492 e. The van der Waals surface area contributed by atoms with E-state index in [0.717, 1.165) is 15.8 Å². The van der Waals surface area contributed by atoms with E-state index in [1.54, 1.807) is 12.4 Å². The highest BCUT2D eigenvalue weighted by atomic mass is 79.9. The van der Waals surface area contributed by atoms with E-state index < -0.39 is 0 Å². The molecule has 6 heteroatoms. The topological polar surface area (TPSA) is 70.8 Å². The summed E-state index contributed by atoms with van der Waals surface area (Å²) in [6.07, 6.45) is 3.79. The monoisotopic (exact) mass is 332 g/mol. The molecule has 2 aromatic rings. The molecule has 2 rings (SSSR count). The Morgan fingerprint density at radius 2 is 1.90 bits per heavy atom. The van der Waals surface area contributed by atoms with Crippen molar-refractivity contribution >= 4 is 21.9 Å². The zero-order valence-corrected chi connectivity index (χ0v) is 12.3. The highest BCUT2D eigenvalue weighted by Crippen LogP contribution is 2.12. The Morgan fingerprint density at radius 1 is 1.20 bits per heavy atom. The molecule has 0 bridgehead atoms. The van der Waals surface area contributed by atoms with Gasteiger partial charge >= 0.3 is 0 Å². The number of benzene rings is 1. The number of nitrogens with zero attached hydrogens (tertiary/aromatic N) is 3. The van der Waals surface area contributed by atoms with Crippen LogP contribution in [0.15, 0.2) is 41.1 Å². The second kappa shape index (κ2) is 7.46. The van der Waals surface area contributed by atoms with E-state index in [1.807, 2.05) is 24.3 Å². The van der Waals surface area contributed by atoms with Crippen LogP contribution in [-0.4, -0.2) is 23.1 Å². The van der Waals surface area contributed by atoms with Gasteiger partial charge in [-0.15, -0.1) is 0 Å². The van der Waals surface area contributed by atoms with Gasteiger partial charge in [0.15, 0.2) is 0 Å². The zero-order chi connectivity index (χ0) is 14.2. The minimum absolute atomic E-state index is 0.419. The van der Waals surface area contributed by atoms with Crippen molar-refractivity contribution < 1.29 is 4.74 Å². The van der Waals surface area contributed by atoms with E-state index in [1.165, 1.54) is 0 Å². The molecule has 0 spiro atoms. The van der Waals surface area contributed by atoms with E-state index in [-0.39, 0.29) is 0 Å². The molecule has 0 amide bonds. The summed E-state index contributed by atoms with van der Waals surface area (Å²) in [6.45, 7) is 1.12. The number of nitriles is 1. The van der Waals surface area contributed by atoms with Crippen LogP contribution in [0.5, 0.6) is 5.75 Å².